The van der Waals surface area contributed by atoms with Crippen LogP contribution >= 0.6 is 0 Å². The first-order chi connectivity index (χ1) is 9.74. The Kier molecular flexibility index (Phi) is 4.50. The number of amides is 1. The third kappa shape index (κ3) is 3.23. The van der Waals surface area contributed by atoms with Crippen molar-refractivity contribution >= 4 is 23.6 Å². The number of carbonyl (C=O) groups excluding carboxylic acids is 2. The van der Waals surface area contributed by atoms with Gasteiger partial charge in [0.05, 0.1) is 0 Å². The number of aldehydes is 1. The van der Waals surface area contributed by atoms with E-state index in [-0.39, 0.29) is 5.91 Å². The van der Waals surface area contributed by atoms with Crippen molar-refractivity contribution in [2.45, 2.75) is 6.42 Å². The first-order valence-electron chi connectivity index (χ1n) is 6.35. The molecule has 102 valence electrons. The van der Waals surface area contributed by atoms with Gasteiger partial charge >= 0.3 is 0 Å². The lowest BCUT2D eigenvalue weighted by Crippen LogP contribution is -2.12. The Bertz CT molecular complexity index is 609. The molecule has 2 rings (SSSR count). The first kappa shape index (κ1) is 13.8. The molecule has 0 unspecified atom stereocenters. The first-order valence-corrected chi connectivity index (χ1v) is 6.35. The minimum absolute atomic E-state index is 0.176. The Balaban J connectivity index is 2.20. The number of benzene rings is 2. The lowest BCUT2D eigenvalue weighted by molar-refractivity contribution is -0.107. The number of carbonyl (C=O) groups is 2. The molecule has 2 N–H and O–H groups in total. The fraction of sp³-hybridized carbons (Fsp3) is 0.125. The predicted molar refractivity (Wildman–Crippen MR) is 80.2 cm³/mol. The molecule has 20 heavy (non-hydrogen) atoms. The highest BCUT2D eigenvalue weighted by Crippen LogP contribution is 2.18. The number of rotatable bonds is 5. The van der Waals surface area contributed by atoms with Gasteiger partial charge in [0.15, 0.2) is 0 Å². The molecule has 2 aromatic rings. The average Bonchev–Trinajstić information content (AvgIpc) is 2.49. The van der Waals surface area contributed by atoms with Gasteiger partial charge in [-0.2, -0.15) is 0 Å². The third-order valence-corrected chi connectivity index (χ3v) is 2.98. The molecule has 0 fully saturated rings. The van der Waals surface area contributed by atoms with Crippen molar-refractivity contribution in [2.75, 3.05) is 17.7 Å². The number of anilines is 2. The second-order valence-corrected chi connectivity index (χ2v) is 4.31. The average molecular weight is 268 g/mol. The van der Waals surface area contributed by atoms with E-state index in [0.29, 0.717) is 12.0 Å². The molecule has 0 aliphatic heterocycles. The van der Waals surface area contributed by atoms with Gasteiger partial charge in [-0.3, -0.25) is 4.79 Å². The lowest BCUT2D eigenvalue weighted by atomic mass is 10.1. The van der Waals surface area contributed by atoms with Gasteiger partial charge in [-0.25, -0.2) is 0 Å². The summed E-state index contributed by atoms with van der Waals surface area (Å²) >= 11 is 0. The van der Waals surface area contributed by atoms with Gasteiger partial charge in [-0.1, -0.05) is 24.3 Å². The highest BCUT2D eigenvalue weighted by atomic mass is 16.1. The molecule has 0 heterocycles. The van der Waals surface area contributed by atoms with Crippen LogP contribution in [0.25, 0.3) is 0 Å². The van der Waals surface area contributed by atoms with Gasteiger partial charge in [0, 0.05) is 30.4 Å². The zero-order valence-electron chi connectivity index (χ0n) is 11.2. The molecule has 0 bridgehead atoms. The topological polar surface area (TPSA) is 58.2 Å². The maximum absolute atomic E-state index is 12.1. The van der Waals surface area contributed by atoms with Gasteiger partial charge in [-0.15, -0.1) is 0 Å². The van der Waals surface area contributed by atoms with Crippen molar-refractivity contribution in [1.29, 1.82) is 0 Å². The molecule has 4 heteroatoms. The quantitative estimate of drug-likeness (QED) is 0.820. The molecule has 1 amide bonds. The van der Waals surface area contributed by atoms with Crippen molar-refractivity contribution in [1.82, 2.24) is 0 Å². The van der Waals surface area contributed by atoms with Gasteiger partial charge in [-0.05, 0) is 29.8 Å². The molecule has 0 atom stereocenters. The SMILES string of the molecule is CNc1cc(C(=O)Nc2ccccc2)ccc1CC=O. The van der Waals surface area contributed by atoms with Gasteiger partial charge in [0.2, 0.25) is 0 Å². The summed E-state index contributed by atoms with van der Waals surface area (Å²) in [6.07, 6.45) is 1.18. The molecule has 4 nitrogen and oxygen atoms in total. The third-order valence-electron chi connectivity index (χ3n) is 2.98. The largest absolute Gasteiger partial charge is 0.388 e. The minimum atomic E-state index is -0.176. The van der Waals surface area contributed by atoms with E-state index >= 15 is 0 Å². The van der Waals surface area contributed by atoms with E-state index < -0.39 is 0 Å². The van der Waals surface area contributed by atoms with Gasteiger partial charge < -0.3 is 15.4 Å². The predicted octanol–water partition coefficient (Wildman–Crippen LogP) is 2.72. The Labute approximate surface area is 117 Å². The smallest absolute Gasteiger partial charge is 0.255 e. The zero-order chi connectivity index (χ0) is 14.4. The van der Waals surface area contributed by atoms with Crippen LogP contribution in [0.4, 0.5) is 11.4 Å². The number of para-hydroxylation sites is 1. The summed E-state index contributed by atoms with van der Waals surface area (Å²) in [4.78, 5) is 22.7. The second-order valence-electron chi connectivity index (χ2n) is 4.31. The monoisotopic (exact) mass is 268 g/mol. The van der Waals surface area contributed by atoms with Crippen molar-refractivity contribution < 1.29 is 9.59 Å². The molecule has 0 aliphatic rings. The highest BCUT2D eigenvalue weighted by molar-refractivity contribution is 6.05. The molecular weight excluding hydrogens is 252 g/mol. The Morgan fingerprint density at radius 2 is 1.90 bits per heavy atom. The molecule has 0 aliphatic carbocycles. The van der Waals surface area contributed by atoms with Crippen LogP contribution in [-0.4, -0.2) is 19.2 Å². The summed E-state index contributed by atoms with van der Waals surface area (Å²) in [6.45, 7) is 0. The van der Waals surface area contributed by atoms with Crippen molar-refractivity contribution in [3.05, 3.63) is 59.7 Å². The minimum Gasteiger partial charge on any atom is -0.388 e. The van der Waals surface area contributed by atoms with Crippen LogP contribution in [0.3, 0.4) is 0 Å². The van der Waals surface area contributed by atoms with Crippen molar-refractivity contribution in [2.24, 2.45) is 0 Å². The fourth-order valence-electron chi connectivity index (χ4n) is 1.94. The van der Waals surface area contributed by atoms with Crippen LogP contribution in [0.2, 0.25) is 0 Å². The van der Waals surface area contributed by atoms with Gasteiger partial charge in [0.1, 0.15) is 6.29 Å². The summed E-state index contributed by atoms with van der Waals surface area (Å²) in [5.74, 6) is -0.176. The Morgan fingerprint density at radius 1 is 1.15 bits per heavy atom. The summed E-state index contributed by atoms with van der Waals surface area (Å²) in [7, 11) is 1.77. The van der Waals surface area contributed by atoms with E-state index in [1.165, 1.54) is 0 Å². The molecule has 0 saturated heterocycles. The maximum atomic E-state index is 12.1. The van der Waals surface area contributed by atoms with Crippen LogP contribution in [0, 0.1) is 0 Å². The van der Waals surface area contributed by atoms with E-state index in [2.05, 4.69) is 10.6 Å². The van der Waals surface area contributed by atoms with Crippen LogP contribution in [0.1, 0.15) is 15.9 Å². The van der Waals surface area contributed by atoms with Crippen LogP contribution < -0.4 is 10.6 Å². The van der Waals surface area contributed by atoms with E-state index in [0.717, 1.165) is 23.2 Å². The second kappa shape index (κ2) is 6.52. The summed E-state index contributed by atoms with van der Waals surface area (Å²) in [5.41, 5.74) is 2.96. The maximum Gasteiger partial charge on any atom is 0.255 e. The van der Waals surface area contributed by atoms with E-state index in [9.17, 15) is 9.59 Å². The normalized spacial score (nSPS) is 9.85. The zero-order valence-corrected chi connectivity index (χ0v) is 11.2. The van der Waals surface area contributed by atoms with E-state index in [4.69, 9.17) is 0 Å². The van der Waals surface area contributed by atoms with Gasteiger partial charge in [0.25, 0.3) is 5.91 Å². The van der Waals surface area contributed by atoms with Crippen molar-refractivity contribution in [3.8, 4) is 0 Å². The standard InChI is InChI=1S/C16H16N2O2/c1-17-15-11-13(8-7-12(15)9-10-19)16(20)18-14-5-3-2-4-6-14/h2-8,10-11,17H,9H2,1H3,(H,18,20). The summed E-state index contributed by atoms with van der Waals surface area (Å²) in [5, 5.41) is 5.83. The molecule has 0 saturated carbocycles. The number of hydrogen-bond donors (Lipinski definition) is 2. The summed E-state index contributed by atoms with van der Waals surface area (Å²) < 4.78 is 0. The summed E-state index contributed by atoms with van der Waals surface area (Å²) in [6, 6.07) is 14.5. The Hall–Kier alpha value is -2.62. The van der Waals surface area contributed by atoms with E-state index in [1.54, 1.807) is 25.2 Å². The molecule has 0 spiro atoms. The fourth-order valence-corrected chi connectivity index (χ4v) is 1.94. The highest BCUT2D eigenvalue weighted by Gasteiger charge is 2.09. The lowest BCUT2D eigenvalue weighted by Gasteiger charge is -2.10. The van der Waals surface area contributed by atoms with Crippen LogP contribution in [0.15, 0.2) is 48.5 Å². The molecular formula is C16H16N2O2. The molecule has 0 aromatic heterocycles. The van der Waals surface area contributed by atoms with Crippen LogP contribution in [0.5, 0.6) is 0 Å². The molecule has 0 radical (unpaired) electrons. The number of hydrogen-bond acceptors (Lipinski definition) is 3. The van der Waals surface area contributed by atoms with Crippen molar-refractivity contribution in [3.63, 3.8) is 0 Å². The van der Waals surface area contributed by atoms with Crippen LogP contribution in [-0.2, 0) is 11.2 Å². The number of nitrogens with one attached hydrogen (secondary N) is 2. The molecule has 2 aromatic carbocycles. The Morgan fingerprint density at radius 3 is 2.55 bits per heavy atom. The van der Waals surface area contributed by atoms with E-state index in [1.807, 2.05) is 30.3 Å².